The van der Waals surface area contributed by atoms with E-state index in [9.17, 15) is 24.3 Å². The van der Waals surface area contributed by atoms with Gasteiger partial charge in [-0.2, -0.15) is 0 Å². The second-order valence-corrected chi connectivity index (χ2v) is 10.6. The molecule has 12 heteroatoms. The quantitative estimate of drug-likeness (QED) is 0.149. The van der Waals surface area contributed by atoms with E-state index in [1.807, 2.05) is 6.08 Å². The number of aliphatic carboxylic acids is 1. The number of β-lactam (4-membered cyclic amide) rings is 1. The molecule has 1 fully saturated rings. The zero-order chi connectivity index (χ0) is 26.2. The first kappa shape index (κ1) is 27.7. The molecule has 10 nitrogen and oxygen atoms in total. The lowest BCUT2D eigenvalue weighted by Gasteiger charge is -2.49. The van der Waals surface area contributed by atoms with Gasteiger partial charge in [-0.15, -0.1) is 23.1 Å². The number of nitrogens with one attached hydrogen (secondary N) is 1. The van der Waals surface area contributed by atoms with Gasteiger partial charge in [-0.1, -0.05) is 45.1 Å². The molecule has 0 radical (unpaired) electrons. The highest BCUT2D eigenvalue weighted by Crippen LogP contribution is 2.40. The summed E-state index contributed by atoms with van der Waals surface area (Å²) in [5.74, 6) is -2.53. The molecule has 36 heavy (non-hydrogen) atoms. The van der Waals surface area contributed by atoms with E-state index in [4.69, 9.17) is 10.5 Å². The molecule has 4 N–H and O–H groups in total. The Hall–Kier alpha value is -2.86. The van der Waals surface area contributed by atoms with E-state index in [1.165, 1.54) is 49.3 Å². The van der Waals surface area contributed by atoms with Crippen LogP contribution in [-0.4, -0.2) is 62.5 Å². The largest absolute Gasteiger partial charge is 0.477 e. The number of carboxylic acid groups (broad SMARTS) is 1. The number of nitrogen functional groups attached to an aromatic ring is 1. The SMILES string of the molecule is CCCCCCCCC=C(C(=O)NC1C(=O)N2C(C(=O)O)=C(COC(C)=O)CS[C@H]12)c1csc(N)n1. The summed E-state index contributed by atoms with van der Waals surface area (Å²) in [7, 11) is 0. The average molecular weight is 537 g/mol. The fourth-order valence-corrected chi connectivity index (χ4v) is 5.99. The van der Waals surface area contributed by atoms with Crippen LogP contribution in [0, 0.1) is 0 Å². The number of rotatable bonds is 13. The summed E-state index contributed by atoms with van der Waals surface area (Å²) >= 11 is 2.55. The summed E-state index contributed by atoms with van der Waals surface area (Å²) in [5, 5.41) is 14.0. The number of thiazole rings is 1. The average Bonchev–Trinajstić information content (AvgIpc) is 3.27. The molecule has 2 aliphatic rings. The number of carbonyl (C=O) groups excluding carboxylic acids is 3. The molecule has 196 valence electrons. The third-order valence-electron chi connectivity index (χ3n) is 5.93. The first-order valence-corrected chi connectivity index (χ1v) is 13.9. The van der Waals surface area contributed by atoms with Crippen molar-refractivity contribution in [2.45, 2.75) is 70.2 Å². The number of nitrogens with two attached hydrogens (primary N) is 1. The Morgan fingerprint density at radius 1 is 1.28 bits per heavy atom. The lowest BCUT2D eigenvalue weighted by Crippen LogP contribution is -2.70. The van der Waals surface area contributed by atoms with Crippen molar-refractivity contribution in [3.63, 3.8) is 0 Å². The van der Waals surface area contributed by atoms with Crippen LogP contribution in [0.2, 0.25) is 0 Å². The molecular weight excluding hydrogens is 504 g/mol. The lowest BCUT2D eigenvalue weighted by atomic mass is 10.0. The molecule has 2 atom stereocenters. The van der Waals surface area contributed by atoms with Crippen molar-refractivity contribution in [1.29, 1.82) is 0 Å². The minimum Gasteiger partial charge on any atom is -0.477 e. The van der Waals surface area contributed by atoms with E-state index < -0.39 is 35.2 Å². The fourth-order valence-electron chi connectivity index (χ4n) is 4.10. The zero-order valence-corrected chi connectivity index (χ0v) is 22.1. The number of amides is 2. The van der Waals surface area contributed by atoms with Gasteiger partial charge in [0.05, 0.1) is 11.3 Å². The van der Waals surface area contributed by atoms with Gasteiger partial charge in [0.1, 0.15) is 23.7 Å². The van der Waals surface area contributed by atoms with Gasteiger partial charge in [0.2, 0.25) is 0 Å². The number of hydrogen-bond donors (Lipinski definition) is 3. The van der Waals surface area contributed by atoms with Crippen LogP contribution in [0.5, 0.6) is 0 Å². The van der Waals surface area contributed by atoms with Crippen LogP contribution in [0.15, 0.2) is 22.7 Å². The fraction of sp³-hybridized carbons (Fsp3) is 0.542. The van der Waals surface area contributed by atoms with Crippen molar-refractivity contribution in [2.24, 2.45) is 0 Å². The minimum atomic E-state index is -1.28. The first-order valence-electron chi connectivity index (χ1n) is 12.0. The minimum absolute atomic E-state index is 0.193. The van der Waals surface area contributed by atoms with Crippen molar-refractivity contribution in [3.8, 4) is 0 Å². The molecule has 0 aromatic carbocycles. The van der Waals surface area contributed by atoms with Gasteiger partial charge in [-0.3, -0.25) is 19.3 Å². The van der Waals surface area contributed by atoms with Gasteiger partial charge >= 0.3 is 11.9 Å². The third-order valence-corrected chi connectivity index (χ3v) is 7.95. The van der Waals surface area contributed by atoms with Crippen LogP contribution < -0.4 is 11.1 Å². The zero-order valence-electron chi connectivity index (χ0n) is 20.5. The van der Waals surface area contributed by atoms with E-state index in [0.717, 1.165) is 24.2 Å². The molecule has 2 amide bonds. The van der Waals surface area contributed by atoms with Gasteiger partial charge in [0, 0.05) is 23.6 Å². The number of unbranched alkanes of at least 4 members (excludes halogenated alkanes) is 6. The van der Waals surface area contributed by atoms with E-state index in [0.29, 0.717) is 28.4 Å². The normalized spacial score (nSPS) is 19.6. The standard InChI is InChI=1S/C24H32N4O6S2/c1-3-4-5-6-7-8-9-10-16(17-13-36-24(25)26-17)20(30)27-18-21(31)28-19(23(32)33)15(11-34-14(2)29)12-35-22(18)28/h10,13,18,22H,3-9,11-12H2,1-2H3,(H2,25,26)(H,27,30)(H,32,33)/t18?,22-/m1/s1. The summed E-state index contributed by atoms with van der Waals surface area (Å²) in [6.07, 6.45) is 9.29. The molecule has 3 rings (SSSR count). The number of carbonyl (C=O) groups is 4. The van der Waals surface area contributed by atoms with Crippen LogP contribution in [0.4, 0.5) is 5.13 Å². The van der Waals surface area contributed by atoms with Crippen molar-refractivity contribution in [3.05, 3.63) is 28.4 Å². The van der Waals surface area contributed by atoms with Crippen molar-refractivity contribution in [1.82, 2.24) is 15.2 Å². The van der Waals surface area contributed by atoms with Crippen LogP contribution in [0.1, 0.15) is 64.5 Å². The summed E-state index contributed by atoms with van der Waals surface area (Å²) in [6.45, 7) is 3.20. The number of thioether (sulfide) groups is 1. The number of hydrogen-bond acceptors (Lipinski definition) is 9. The number of carboxylic acids is 1. The van der Waals surface area contributed by atoms with Gasteiger partial charge < -0.3 is 20.9 Å². The molecule has 1 aromatic rings. The second-order valence-electron chi connectivity index (χ2n) is 8.64. The maximum Gasteiger partial charge on any atom is 0.352 e. The van der Waals surface area contributed by atoms with Crippen molar-refractivity contribution >= 4 is 57.6 Å². The predicted octanol–water partition coefficient (Wildman–Crippen LogP) is 3.16. The highest BCUT2D eigenvalue weighted by molar-refractivity contribution is 8.00. The molecule has 1 unspecified atom stereocenters. The van der Waals surface area contributed by atoms with Crippen LogP contribution in [0.3, 0.4) is 0 Å². The number of aromatic nitrogens is 1. The maximum atomic E-state index is 13.2. The Morgan fingerprint density at radius 3 is 2.64 bits per heavy atom. The van der Waals surface area contributed by atoms with E-state index in [1.54, 1.807) is 5.38 Å². The molecule has 2 aliphatic heterocycles. The Balaban J connectivity index is 1.69. The first-order chi connectivity index (χ1) is 17.2. The Kier molecular flexibility index (Phi) is 9.94. The van der Waals surface area contributed by atoms with Crippen LogP contribution >= 0.6 is 23.1 Å². The number of fused-ring (bicyclic) bond motifs is 1. The monoisotopic (exact) mass is 536 g/mol. The van der Waals surface area contributed by atoms with Gasteiger partial charge in [-0.05, 0) is 12.8 Å². The number of esters is 1. The summed E-state index contributed by atoms with van der Waals surface area (Å²) in [5.41, 5.74) is 6.74. The number of nitrogens with zero attached hydrogens (tertiary/aromatic N) is 2. The molecule has 0 spiro atoms. The number of ether oxygens (including phenoxy) is 1. The topological polar surface area (TPSA) is 152 Å². The number of allylic oxidation sites excluding steroid dienone is 1. The maximum absolute atomic E-state index is 13.2. The summed E-state index contributed by atoms with van der Waals surface area (Å²) in [6, 6.07) is -0.874. The highest BCUT2D eigenvalue weighted by Gasteiger charge is 2.54. The molecule has 1 aromatic heterocycles. The molecule has 0 aliphatic carbocycles. The molecule has 0 bridgehead atoms. The predicted molar refractivity (Wildman–Crippen MR) is 139 cm³/mol. The van der Waals surface area contributed by atoms with Crippen LogP contribution in [-0.2, 0) is 23.9 Å². The van der Waals surface area contributed by atoms with Gasteiger partial charge in [0.15, 0.2) is 5.13 Å². The molecule has 1 saturated heterocycles. The summed E-state index contributed by atoms with van der Waals surface area (Å²) in [4.78, 5) is 54.6. The van der Waals surface area contributed by atoms with E-state index in [-0.39, 0.29) is 18.1 Å². The summed E-state index contributed by atoms with van der Waals surface area (Å²) < 4.78 is 4.95. The van der Waals surface area contributed by atoms with Crippen molar-refractivity contribution in [2.75, 3.05) is 18.1 Å². The smallest absolute Gasteiger partial charge is 0.352 e. The Morgan fingerprint density at radius 2 is 2.00 bits per heavy atom. The molecule has 3 heterocycles. The second kappa shape index (κ2) is 12.9. The lowest BCUT2D eigenvalue weighted by molar-refractivity contribution is -0.150. The van der Waals surface area contributed by atoms with Crippen LogP contribution in [0.25, 0.3) is 5.57 Å². The van der Waals surface area contributed by atoms with Crippen molar-refractivity contribution < 1.29 is 29.0 Å². The molecule has 0 saturated carbocycles. The van der Waals surface area contributed by atoms with Gasteiger partial charge in [-0.25, -0.2) is 9.78 Å². The number of anilines is 1. The van der Waals surface area contributed by atoms with E-state index >= 15 is 0 Å². The highest BCUT2D eigenvalue weighted by atomic mass is 32.2. The molecular formula is C24H32N4O6S2. The van der Waals surface area contributed by atoms with E-state index in [2.05, 4.69) is 17.2 Å². The Labute approximate surface area is 218 Å². The van der Waals surface area contributed by atoms with Gasteiger partial charge in [0.25, 0.3) is 11.8 Å². The third kappa shape index (κ3) is 6.67. The Bertz CT molecular complexity index is 1070.